The first kappa shape index (κ1) is 19.0. The summed E-state index contributed by atoms with van der Waals surface area (Å²) in [7, 11) is 0. The van der Waals surface area contributed by atoms with E-state index in [2.05, 4.69) is 17.1 Å². The third-order valence-corrected chi connectivity index (χ3v) is 5.03. The van der Waals surface area contributed by atoms with Crippen molar-refractivity contribution in [2.75, 3.05) is 18.4 Å². The number of anilines is 1. The standard InChI is InChI=1S/C21H25N3O3/c1-15-10-11-18(19(13-15)24(26)27)22-21(25)20(17-8-4-3-5-9-17)23-12-6-7-16(2)14-23/h3-5,8-11,13,16,20H,6-7,12,14H2,1-2H3,(H,22,25). The number of rotatable bonds is 5. The molecule has 2 atom stereocenters. The van der Waals surface area contributed by atoms with Gasteiger partial charge in [-0.1, -0.05) is 43.3 Å². The van der Waals surface area contributed by atoms with E-state index in [0.717, 1.165) is 37.1 Å². The number of nitrogens with one attached hydrogen (secondary N) is 1. The molecular formula is C21H25N3O3. The SMILES string of the molecule is Cc1ccc(NC(=O)C(c2ccccc2)N2CCCC(C)C2)c([N+](=O)[O-])c1. The van der Waals surface area contributed by atoms with Crippen LogP contribution in [0.15, 0.2) is 48.5 Å². The fourth-order valence-electron chi connectivity index (χ4n) is 3.72. The number of hydrogen-bond acceptors (Lipinski definition) is 4. The second kappa shape index (κ2) is 8.31. The summed E-state index contributed by atoms with van der Waals surface area (Å²) < 4.78 is 0. The van der Waals surface area contributed by atoms with E-state index in [1.807, 2.05) is 30.3 Å². The van der Waals surface area contributed by atoms with Crippen molar-refractivity contribution in [3.63, 3.8) is 0 Å². The Labute approximate surface area is 159 Å². The van der Waals surface area contributed by atoms with Crippen molar-refractivity contribution in [2.24, 2.45) is 5.92 Å². The van der Waals surface area contributed by atoms with Crippen LogP contribution in [-0.2, 0) is 4.79 Å². The lowest BCUT2D eigenvalue weighted by molar-refractivity contribution is -0.384. The van der Waals surface area contributed by atoms with Gasteiger partial charge >= 0.3 is 0 Å². The second-order valence-electron chi connectivity index (χ2n) is 7.32. The number of nitro groups is 1. The number of piperidine rings is 1. The van der Waals surface area contributed by atoms with Gasteiger partial charge in [0.05, 0.1) is 4.92 Å². The normalized spacial score (nSPS) is 18.7. The van der Waals surface area contributed by atoms with Crippen LogP contribution in [0, 0.1) is 23.0 Å². The van der Waals surface area contributed by atoms with Crippen LogP contribution in [0.4, 0.5) is 11.4 Å². The molecule has 0 aromatic heterocycles. The van der Waals surface area contributed by atoms with Crippen molar-refractivity contribution in [3.8, 4) is 0 Å². The molecule has 1 N–H and O–H groups in total. The maximum Gasteiger partial charge on any atom is 0.293 e. The summed E-state index contributed by atoms with van der Waals surface area (Å²) in [5.41, 5.74) is 1.84. The van der Waals surface area contributed by atoms with E-state index in [-0.39, 0.29) is 17.3 Å². The first-order chi connectivity index (χ1) is 13.0. The number of amides is 1. The molecule has 6 nitrogen and oxygen atoms in total. The first-order valence-corrected chi connectivity index (χ1v) is 9.30. The van der Waals surface area contributed by atoms with Gasteiger partial charge in [-0.3, -0.25) is 19.8 Å². The summed E-state index contributed by atoms with van der Waals surface area (Å²) in [5.74, 6) is 0.286. The molecule has 0 saturated carbocycles. The summed E-state index contributed by atoms with van der Waals surface area (Å²) in [6.07, 6.45) is 2.20. The van der Waals surface area contributed by atoms with Crippen LogP contribution in [0.3, 0.4) is 0 Å². The van der Waals surface area contributed by atoms with Gasteiger partial charge in [0, 0.05) is 12.6 Å². The molecular weight excluding hydrogens is 342 g/mol. The van der Waals surface area contributed by atoms with Crippen LogP contribution in [0.5, 0.6) is 0 Å². The topological polar surface area (TPSA) is 75.5 Å². The lowest BCUT2D eigenvalue weighted by Crippen LogP contribution is -2.42. The molecule has 0 spiro atoms. The smallest absolute Gasteiger partial charge is 0.293 e. The Morgan fingerprint density at radius 1 is 1.26 bits per heavy atom. The molecule has 1 saturated heterocycles. The van der Waals surface area contributed by atoms with Gasteiger partial charge in [0.25, 0.3) is 5.69 Å². The predicted molar refractivity (Wildman–Crippen MR) is 106 cm³/mol. The van der Waals surface area contributed by atoms with Crippen LogP contribution >= 0.6 is 0 Å². The molecule has 3 rings (SSSR count). The fraction of sp³-hybridized carbons (Fsp3) is 0.381. The molecule has 2 unspecified atom stereocenters. The van der Waals surface area contributed by atoms with Gasteiger partial charge in [0.1, 0.15) is 11.7 Å². The van der Waals surface area contributed by atoms with Gasteiger partial charge < -0.3 is 5.32 Å². The van der Waals surface area contributed by atoms with E-state index in [0.29, 0.717) is 5.92 Å². The quantitative estimate of drug-likeness (QED) is 0.631. The fourth-order valence-corrected chi connectivity index (χ4v) is 3.72. The largest absolute Gasteiger partial charge is 0.319 e. The molecule has 0 bridgehead atoms. The minimum atomic E-state index is -0.463. The Bertz CT molecular complexity index is 823. The van der Waals surface area contributed by atoms with Crippen molar-refractivity contribution in [1.82, 2.24) is 4.90 Å². The Hall–Kier alpha value is -2.73. The highest BCUT2D eigenvalue weighted by atomic mass is 16.6. The van der Waals surface area contributed by atoms with E-state index < -0.39 is 11.0 Å². The molecule has 27 heavy (non-hydrogen) atoms. The van der Waals surface area contributed by atoms with E-state index >= 15 is 0 Å². The van der Waals surface area contributed by atoms with Gasteiger partial charge in [0.15, 0.2) is 0 Å². The van der Waals surface area contributed by atoms with E-state index in [4.69, 9.17) is 0 Å². The van der Waals surface area contributed by atoms with Crippen molar-refractivity contribution in [2.45, 2.75) is 32.7 Å². The lowest BCUT2D eigenvalue weighted by Gasteiger charge is -2.36. The zero-order valence-electron chi connectivity index (χ0n) is 15.7. The number of likely N-dealkylation sites (tertiary alicyclic amines) is 1. The minimum absolute atomic E-state index is 0.0813. The molecule has 0 radical (unpaired) electrons. The Morgan fingerprint density at radius 3 is 2.67 bits per heavy atom. The van der Waals surface area contributed by atoms with Crippen molar-refractivity contribution in [3.05, 3.63) is 69.8 Å². The molecule has 1 heterocycles. The minimum Gasteiger partial charge on any atom is -0.319 e. The van der Waals surface area contributed by atoms with Crippen LogP contribution in [0.2, 0.25) is 0 Å². The highest BCUT2D eigenvalue weighted by molar-refractivity contribution is 5.97. The number of carbonyl (C=O) groups is 1. The van der Waals surface area contributed by atoms with Crippen LogP contribution < -0.4 is 5.32 Å². The Morgan fingerprint density at radius 2 is 2.00 bits per heavy atom. The summed E-state index contributed by atoms with van der Waals surface area (Å²) in [5, 5.41) is 14.2. The van der Waals surface area contributed by atoms with Crippen molar-refractivity contribution in [1.29, 1.82) is 0 Å². The number of nitro benzene ring substituents is 1. The Kier molecular flexibility index (Phi) is 5.86. The molecule has 1 amide bonds. The average molecular weight is 367 g/mol. The lowest BCUT2D eigenvalue weighted by atomic mass is 9.95. The zero-order chi connectivity index (χ0) is 19.4. The number of carbonyl (C=O) groups excluding carboxylic acids is 1. The third-order valence-electron chi connectivity index (χ3n) is 5.03. The van der Waals surface area contributed by atoms with E-state index in [1.165, 1.54) is 6.07 Å². The third kappa shape index (κ3) is 4.52. The number of benzene rings is 2. The average Bonchev–Trinajstić information content (AvgIpc) is 2.64. The van der Waals surface area contributed by atoms with Crippen molar-refractivity contribution < 1.29 is 9.72 Å². The van der Waals surface area contributed by atoms with Crippen molar-refractivity contribution >= 4 is 17.3 Å². The maximum atomic E-state index is 13.2. The van der Waals surface area contributed by atoms with Gasteiger partial charge in [-0.25, -0.2) is 0 Å². The van der Waals surface area contributed by atoms with E-state index in [1.54, 1.807) is 19.1 Å². The number of nitrogens with zero attached hydrogens (tertiary/aromatic N) is 2. The second-order valence-corrected chi connectivity index (χ2v) is 7.32. The predicted octanol–water partition coefficient (Wildman–Crippen LogP) is 4.31. The number of aryl methyl sites for hydroxylation is 1. The maximum absolute atomic E-state index is 13.2. The summed E-state index contributed by atoms with van der Waals surface area (Å²) >= 11 is 0. The van der Waals surface area contributed by atoms with Gasteiger partial charge in [-0.05, 0) is 49.4 Å². The monoisotopic (exact) mass is 367 g/mol. The number of hydrogen-bond donors (Lipinski definition) is 1. The molecule has 2 aromatic rings. The molecule has 1 aliphatic rings. The molecule has 6 heteroatoms. The van der Waals surface area contributed by atoms with Gasteiger partial charge in [-0.2, -0.15) is 0 Å². The van der Waals surface area contributed by atoms with Crippen LogP contribution in [0.1, 0.15) is 36.9 Å². The summed E-state index contributed by atoms with van der Waals surface area (Å²) in [6.45, 7) is 5.66. The van der Waals surface area contributed by atoms with Gasteiger partial charge in [0.2, 0.25) is 5.91 Å². The zero-order valence-corrected chi connectivity index (χ0v) is 15.7. The Balaban J connectivity index is 1.91. The molecule has 1 fully saturated rings. The molecule has 0 aliphatic carbocycles. The molecule has 142 valence electrons. The van der Waals surface area contributed by atoms with Gasteiger partial charge in [-0.15, -0.1) is 0 Å². The molecule has 2 aromatic carbocycles. The molecule has 1 aliphatic heterocycles. The highest BCUT2D eigenvalue weighted by Crippen LogP contribution is 2.30. The summed E-state index contributed by atoms with van der Waals surface area (Å²) in [6, 6.07) is 14.0. The van der Waals surface area contributed by atoms with Crippen LogP contribution in [0.25, 0.3) is 0 Å². The highest BCUT2D eigenvalue weighted by Gasteiger charge is 2.31. The van der Waals surface area contributed by atoms with E-state index in [9.17, 15) is 14.9 Å². The first-order valence-electron chi connectivity index (χ1n) is 9.30. The van der Waals surface area contributed by atoms with Crippen LogP contribution in [-0.4, -0.2) is 28.8 Å². The summed E-state index contributed by atoms with van der Waals surface area (Å²) in [4.78, 5) is 26.3.